The highest BCUT2D eigenvalue weighted by molar-refractivity contribution is 6.01. The summed E-state index contributed by atoms with van der Waals surface area (Å²) in [6.45, 7) is 5.89. The number of carbonyl (C=O) groups excluding carboxylic acids is 2. The molecule has 3 amide bonds. The molecule has 36 heavy (non-hydrogen) atoms. The maximum atomic E-state index is 11.9. The fourth-order valence-electron chi connectivity index (χ4n) is 4.64. The van der Waals surface area contributed by atoms with Gasteiger partial charge in [-0.3, -0.25) is 14.6 Å². The van der Waals surface area contributed by atoms with Crippen molar-refractivity contribution in [2.24, 2.45) is 0 Å². The lowest BCUT2D eigenvalue weighted by molar-refractivity contribution is -0.125. The van der Waals surface area contributed by atoms with E-state index in [0.29, 0.717) is 32.6 Å². The Labute approximate surface area is 213 Å². The highest BCUT2D eigenvalue weighted by atomic mass is 16.5. The number of amides is 3. The molecule has 8 nitrogen and oxygen atoms in total. The van der Waals surface area contributed by atoms with Crippen LogP contribution in [0.3, 0.4) is 0 Å². The molecule has 4 rings (SSSR count). The summed E-state index contributed by atoms with van der Waals surface area (Å²) in [4.78, 5) is 28.8. The predicted molar refractivity (Wildman–Crippen MR) is 137 cm³/mol. The van der Waals surface area contributed by atoms with Crippen LogP contribution in [0.15, 0.2) is 48.5 Å². The number of nitrogens with zero attached hydrogens (tertiary/aromatic N) is 3. The summed E-state index contributed by atoms with van der Waals surface area (Å²) in [6.07, 6.45) is 2.93. The number of carbonyl (C=O) groups is 2. The van der Waals surface area contributed by atoms with Crippen LogP contribution in [0.2, 0.25) is 0 Å². The van der Waals surface area contributed by atoms with Crippen molar-refractivity contribution in [1.82, 2.24) is 14.7 Å². The Morgan fingerprint density at radius 3 is 2.33 bits per heavy atom. The van der Waals surface area contributed by atoms with E-state index in [9.17, 15) is 14.7 Å². The predicted octanol–water partition coefficient (Wildman–Crippen LogP) is 3.45. The van der Waals surface area contributed by atoms with Crippen molar-refractivity contribution in [1.29, 1.82) is 0 Å². The van der Waals surface area contributed by atoms with E-state index < -0.39 is 5.60 Å². The largest absolute Gasteiger partial charge is 0.494 e. The number of imide groups is 1. The molecule has 0 aliphatic carbocycles. The molecule has 0 bridgehead atoms. The maximum Gasteiger partial charge on any atom is 0.326 e. The highest BCUT2D eigenvalue weighted by Crippen LogP contribution is 2.25. The van der Waals surface area contributed by atoms with Gasteiger partial charge in [-0.2, -0.15) is 0 Å². The van der Waals surface area contributed by atoms with Crippen LogP contribution in [0, 0.1) is 6.92 Å². The van der Waals surface area contributed by atoms with E-state index in [1.165, 1.54) is 20.9 Å². The molecule has 0 spiro atoms. The Bertz CT molecular complexity index is 1030. The molecule has 2 heterocycles. The number of hydrogen-bond donors (Lipinski definition) is 1. The zero-order chi connectivity index (χ0) is 25.5. The molecule has 2 fully saturated rings. The fraction of sp³-hybridized carbons (Fsp3) is 0.500. The lowest BCUT2D eigenvalue weighted by Crippen LogP contribution is -2.37. The molecule has 8 heteroatoms. The molecule has 0 radical (unpaired) electrons. The second kappa shape index (κ2) is 11.8. The third-order valence-corrected chi connectivity index (χ3v) is 6.89. The van der Waals surface area contributed by atoms with Crippen LogP contribution in [0.4, 0.5) is 4.79 Å². The van der Waals surface area contributed by atoms with Crippen LogP contribution in [0.25, 0.3) is 0 Å². The van der Waals surface area contributed by atoms with Gasteiger partial charge >= 0.3 is 6.03 Å². The Hall–Kier alpha value is -3.10. The second-order valence-corrected chi connectivity index (χ2v) is 9.99. The van der Waals surface area contributed by atoms with E-state index in [1.54, 1.807) is 7.05 Å². The zero-order valence-corrected chi connectivity index (χ0v) is 21.3. The Balaban J connectivity index is 1.18. The van der Waals surface area contributed by atoms with Crippen molar-refractivity contribution >= 4 is 11.9 Å². The first-order valence-electron chi connectivity index (χ1n) is 12.7. The van der Waals surface area contributed by atoms with Crippen molar-refractivity contribution in [3.63, 3.8) is 0 Å². The minimum Gasteiger partial charge on any atom is -0.494 e. The molecular formula is C28H37N3O5. The zero-order valence-electron chi connectivity index (χ0n) is 21.3. The van der Waals surface area contributed by atoms with Crippen molar-refractivity contribution in [2.75, 3.05) is 46.4 Å². The van der Waals surface area contributed by atoms with Crippen molar-refractivity contribution in [3.05, 3.63) is 59.7 Å². The van der Waals surface area contributed by atoms with Crippen LogP contribution in [-0.2, 0) is 11.3 Å². The SMILES string of the molecule is Cc1ccc(OC[C@]2(O)CCCN(Cc3ccc(OCCCN4C(=O)CN(C)C4=O)cc3)CC2)cc1. The normalized spacial score (nSPS) is 21.1. The first-order chi connectivity index (χ1) is 17.3. The molecule has 2 aromatic carbocycles. The van der Waals surface area contributed by atoms with Gasteiger partial charge in [0.15, 0.2) is 0 Å². The Morgan fingerprint density at radius 2 is 1.64 bits per heavy atom. The molecular weight excluding hydrogens is 458 g/mol. The number of aliphatic hydroxyl groups is 1. The third kappa shape index (κ3) is 6.98. The van der Waals surface area contributed by atoms with Crippen molar-refractivity contribution in [3.8, 4) is 11.5 Å². The molecule has 2 aliphatic rings. The van der Waals surface area contributed by atoms with Gasteiger partial charge in [-0.25, -0.2) is 4.79 Å². The third-order valence-electron chi connectivity index (χ3n) is 6.89. The molecule has 194 valence electrons. The number of urea groups is 1. The standard InChI is InChI=1S/C28H37N3O5/c1-22-5-9-25(10-6-22)36-21-28(34)13-3-15-30(17-14-28)19-23-7-11-24(12-8-23)35-18-4-16-31-26(32)20-29(2)27(31)33/h5-12,34H,3-4,13-21H2,1-2H3/t28-/m0/s1. The molecule has 2 aliphatic heterocycles. The molecule has 0 unspecified atom stereocenters. The number of rotatable bonds is 10. The van der Waals surface area contributed by atoms with Gasteiger partial charge in [0.1, 0.15) is 24.7 Å². The number of benzene rings is 2. The molecule has 2 saturated heterocycles. The van der Waals surface area contributed by atoms with Crippen molar-refractivity contribution < 1.29 is 24.2 Å². The number of ether oxygens (including phenoxy) is 2. The Kier molecular flexibility index (Phi) is 8.48. The molecule has 2 aromatic rings. The topological polar surface area (TPSA) is 82.6 Å². The van der Waals surface area contributed by atoms with Gasteiger partial charge in [0.2, 0.25) is 5.91 Å². The number of hydrogen-bond acceptors (Lipinski definition) is 6. The lowest BCUT2D eigenvalue weighted by atomic mass is 9.96. The molecule has 0 saturated carbocycles. The molecule has 1 N–H and O–H groups in total. The number of likely N-dealkylation sites (N-methyl/N-ethyl adjacent to an activating group) is 1. The van der Waals surface area contributed by atoms with Gasteiger partial charge < -0.3 is 19.5 Å². The average Bonchev–Trinajstić information content (AvgIpc) is 2.99. The minimum absolute atomic E-state index is 0.151. The number of likely N-dealkylation sites (tertiary alicyclic amines) is 1. The van der Waals surface area contributed by atoms with E-state index in [-0.39, 0.29) is 18.5 Å². The fourth-order valence-corrected chi connectivity index (χ4v) is 4.64. The second-order valence-electron chi connectivity index (χ2n) is 9.99. The summed E-state index contributed by atoms with van der Waals surface area (Å²) in [6, 6.07) is 15.7. The van der Waals surface area contributed by atoms with Crippen LogP contribution in [-0.4, -0.2) is 83.8 Å². The quantitative estimate of drug-likeness (QED) is 0.402. The van der Waals surface area contributed by atoms with E-state index in [1.807, 2.05) is 43.3 Å². The summed E-state index contributed by atoms with van der Waals surface area (Å²) >= 11 is 0. The van der Waals surface area contributed by atoms with Gasteiger partial charge in [-0.05, 0) is 69.0 Å². The van der Waals surface area contributed by atoms with Crippen LogP contribution in [0.1, 0.15) is 36.8 Å². The van der Waals surface area contributed by atoms with E-state index in [4.69, 9.17) is 9.47 Å². The smallest absolute Gasteiger partial charge is 0.326 e. The first-order valence-corrected chi connectivity index (χ1v) is 12.7. The van der Waals surface area contributed by atoms with Crippen LogP contribution >= 0.6 is 0 Å². The first kappa shape index (κ1) is 26.0. The van der Waals surface area contributed by atoms with E-state index in [0.717, 1.165) is 44.0 Å². The average molecular weight is 496 g/mol. The molecule has 1 atom stereocenters. The number of aryl methyl sites for hydroxylation is 1. The summed E-state index contributed by atoms with van der Waals surface area (Å²) in [5.41, 5.74) is 1.57. The Morgan fingerprint density at radius 1 is 0.944 bits per heavy atom. The summed E-state index contributed by atoms with van der Waals surface area (Å²) in [7, 11) is 1.63. The van der Waals surface area contributed by atoms with E-state index in [2.05, 4.69) is 17.0 Å². The van der Waals surface area contributed by atoms with Gasteiger partial charge in [0.25, 0.3) is 0 Å². The summed E-state index contributed by atoms with van der Waals surface area (Å²) < 4.78 is 11.7. The summed E-state index contributed by atoms with van der Waals surface area (Å²) in [5.74, 6) is 1.41. The van der Waals surface area contributed by atoms with E-state index >= 15 is 0 Å². The highest BCUT2D eigenvalue weighted by Gasteiger charge is 2.33. The van der Waals surface area contributed by atoms with Crippen LogP contribution in [0.5, 0.6) is 11.5 Å². The minimum atomic E-state index is -0.808. The van der Waals surface area contributed by atoms with Crippen molar-refractivity contribution in [2.45, 2.75) is 44.8 Å². The maximum absolute atomic E-state index is 11.9. The van der Waals surface area contributed by atoms with Gasteiger partial charge in [0, 0.05) is 26.7 Å². The van der Waals surface area contributed by atoms with Gasteiger partial charge in [0.05, 0.1) is 12.2 Å². The van der Waals surface area contributed by atoms with Gasteiger partial charge in [-0.1, -0.05) is 29.8 Å². The van der Waals surface area contributed by atoms with Gasteiger partial charge in [-0.15, -0.1) is 0 Å². The monoisotopic (exact) mass is 495 g/mol. The lowest BCUT2D eigenvalue weighted by Gasteiger charge is -2.27. The molecule has 0 aromatic heterocycles. The summed E-state index contributed by atoms with van der Waals surface area (Å²) in [5, 5.41) is 11.1. The van der Waals surface area contributed by atoms with Crippen LogP contribution < -0.4 is 9.47 Å².